The van der Waals surface area contributed by atoms with Gasteiger partial charge in [-0.25, -0.2) is 13.1 Å². The number of nitrogens with one attached hydrogen (secondary N) is 1. The van der Waals surface area contributed by atoms with E-state index in [0.717, 1.165) is 6.26 Å². The Balaban J connectivity index is 3.67. The van der Waals surface area contributed by atoms with E-state index in [1.807, 2.05) is 4.72 Å². The minimum Gasteiger partial charge on any atom is -0.280 e. The van der Waals surface area contributed by atoms with Gasteiger partial charge in [-0.15, -0.1) is 0 Å². The maximum atomic E-state index is 10.2. The molecule has 0 atom stereocenters. The van der Waals surface area contributed by atoms with Gasteiger partial charge in [0, 0.05) is 0 Å². The summed E-state index contributed by atoms with van der Waals surface area (Å²) in [5.41, 5.74) is 0. The normalized spacial score (nSPS) is 11.3. The Labute approximate surface area is 58.2 Å². The minimum absolute atomic E-state index is 0.347. The fourth-order valence-corrected chi connectivity index (χ4v) is 0.727. The van der Waals surface area contributed by atoms with Crippen molar-refractivity contribution in [3.05, 3.63) is 0 Å². The molecule has 0 aliphatic carbocycles. The van der Waals surface area contributed by atoms with Gasteiger partial charge >= 0.3 is 0 Å². The number of hydrogen-bond acceptors (Lipinski definition) is 3. The lowest BCUT2D eigenvalue weighted by atomic mass is 10.8. The molecule has 0 saturated heterocycles. The molecule has 0 spiro atoms. The predicted octanol–water partition coefficient (Wildman–Crippen LogP) is -0.699. The molecule has 0 bridgehead atoms. The zero-order chi connectivity index (χ0) is 7.49. The zero-order valence-corrected chi connectivity index (χ0v) is 6.29. The summed E-state index contributed by atoms with van der Waals surface area (Å²) in [6.07, 6.45) is 0.951. The SMILES string of the molecule is CS(=O)(=O)NCC(=O)Cl. The third-order valence-corrected chi connectivity index (χ3v) is 1.28. The van der Waals surface area contributed by atoms with E-state index in [0.29, 0.717) is 0 Å². The second-order valence-corrected chi connectivity index (χ2v) is 3.70. The molecule has 6 heteroatoms. The first-order valence-electron chi connectivity index (χ1n) is 2.05. The fraction of sp³-hybridized carbons (Fsp3) is 0.667. The van der Waals surface area contributed by atoms with E-state index in [4.69, 9.17) is 11.6 Å². The van der Waals surface area contributed by atoms with Crippen LogP contribution in [0.2, 0.25) is 0 Å². The first kappa shape index (κ1) is 8.87. The van der Waals surface area contributed by atoms with E-state index in [2.05, 4.69) is 0 Å². The van der Waals surface area contributed by atoms with Gasteiger partial charge in [0.2, 0.25) is 15.3 Å². The van der Waals surface area contributed by atoms with Crippen molar-refractivity contribution < 1.29 is 13.2 Å². The summed E-state index contributed by atoms with van der Waals surface area (Å²) in [6.45, 7) is -0.347. The molecule has 4 nitrogen and oxygen atoms in total. The summed E-state index contributed by atoms with van der Waals surface area (Å²) in [6, 6.07) is 0. The first-order chi connectivity index (χ1) is 3.92. The van der Waals surface area contributed by atoms with Crippen molar-refractivity contribution in [3.8, 4) is 0 Å². The van der Waals surface area contributed by atoms with Crippen molar-refractivity contribution in [2.24, 2.45) is 0 Å². The van der Waals surface area contributed by atoms with Crippen LogP contribution in [0.25, 0.3) is 0 Å². The number of halogens is 1. The molecule has 0 fully saturated rings. The van der Waals surface area contributed by atoms with Crippen molar-refractivity contribution in [2.75, 3.05) is 12.8 Å². The summed E-state index contributed by atoms with van der Waals surface area (Å²) in [4.78, 5) is 9.93. The summed E-state index contributed by atoms with van der Waals surface area (Å²) >= 11 is 4.82. The van der Waals surface area contributed by atoms with Crippen molar-refractivity contribution in [1.29, 1.82) is 0 Å². The molecule has 54 valence electrons. The maximum absolute atomic E-state index is 10.2. The van der Waals surface area contributed by atoms with Crippen molar-refractivity contribution >= 4 is 26.9 Å². The molecule has 0 heterocycles. The Morgan fingerprint density at radius 2 is 2.11 bits per heavy atom. The van der Waals surface area contributed by atoms with E-state index >= 15 is 0 Å². The van der Waals surface area contributed by atoms with E-state index in [9.17, 15) is 13.2 Å². The topological polar surface area (TPSA) is 63.2 Å². The number of hydrogen-bond donors (Lipinski definition) is 1. The molecule has 0 aromatic carbocycles. The van der Waals surface area contributed by atoms with Crippen LogP contribution in [0.3, 0.4) is 0 Å². The van der Waals surface area contributed by atoms with Crippen LogP contribution in [0.1, 0.15) is 0 Å². The highest BCUT2D eigenvalue weighted by Crippen LogP contribution is 1.78. The monoisotopic (exact) mass is 171 g/mol. The van der Waals surface area contributed by atoms with Gasteiger partial charge in [0.1, 0.15) is 0 Å². The molecule has 0 rings (SSSR count). The van der Waals surface area contributed by atoms with Gasteiger partial charge in [0.15, 0.2) is 0 Å². The van der Waals surface area contributed by atoms with Crippen LogP contribution in [0.15, 0.2) is 0 Å². The largest absolute Gasteiger partial charge is 0.280 e. The summed E-state index contributed by atoms with van der Waals surface area (Å²) in [5, 5.41) is -0.722. The summed E-state index contributed by atoms with van der Waals surface area (Å²) in [5.74, 6) is 0. The number of sulfonamides is 1. The van der Waals surface area contributed by atoms with Gasteiger partial charge < -0.3 is 0 Å². The number of rotatable bonds is 3. The molecule has 0 aliphatic heterocycles. The maximum Gasteiger partial charge on any atom is 0.236 e. The van der Waals surface area contributed by atoms with Gasteiger partial charge in [-0.05, 0) is 11.6 Å². The van der Waals surface area contributed by atoms with Gasteiger partial charge in [0.25, 0.3) is 0 Å². The second-order valence-electron chi connectivity index (χ2n) is 1.45. The molecule has 0 aromatic rings. The predicted molar refractivity (Wildman–Crippen MR) is 33.7 cm³/mol. The lowest BCUT2D eigenvalue weighted by Gasteiger charge is -1.93. The molecular weight excluding hydrogens is 166 g/mol. The Hall–Kier alpha value is -0.130. The third-order valence-electron chi connectivity index (χ3n) is 0.473. The Kier molecular flexibility index (Phi) is 3.10. The van der Waals surface area contributed by atoms with Crippen LogP contribution in [0.5, 0.6) is 0 Å². The van der Waals surface area contributed by atoms with Gasteiger partial charge in [-0.3, -0.25) is 4.79 Å². The van der Waals surface area contributed by atoms with Crippen LogP contribution in [0.4, 0.5) is 0 Å². The molecule has 0 radical (unpaired) electrons. The van der Waals surface area contributed by atoms with Gasteiger partial charge in [-0.2, -0.15) is 0 Å². The standard InChI is InChI=1S/C3H6ClNO3S/c1-9(7,8)5-2-3(4)6/h5H,2H2,1H3. The summed E-state index contributed by atoms with van der Waals surface area (Å²) in [7, 11) is -3.27. The Morgan fingerprint density at radius 3 is 2.22 bits per heavy atom. The highest BCUT2D eigenvalue weighted by molar-refractivity contribution is 7.88. The molecule has 0 unspecified atom stereocenters. The average molecular weight is 172 g/mol. The molecular formula is C3H6ClNO3S. The van der Waals surface area contributed by atoms with Crippen LogP contribution in [-0.4, -0.2) is 26.5 Å². The molecule has 0 aliphatic rings. The number of carbonyl (C=O) groups is 1. The first-order valence-corrected chi connectivity index (χ1v) is 4.32. The van der Waals surface area contributed by atoms with Gasteiger partial charge in [-0.1, -0.05) is 0 Å². The second kappa shape index (κ2) is 3.14. The van der Waals surface area contributed by atoms with E-state index < -0.39 is 15.3 Å². The van der Waals surface area contributed by atoms with Crippen LogP contribution < -0.4 is 4.72 Å². The van der Waals surface area contributed by atoms with Crippen molar-refractivity contribution in [1.82, 2.24) is 4.72 Å². The Bertz CT molecular complexity index is 197. The van der Waals surface area contributed by atoms with Crippen LogP contribution >= 0.6 is 11.6 Å². The van der Waals surface area contributed by atoms with E-state index in [-0.39, 0.29) is 6.54 Å². The van der Waals surface area contributed by atoms with E-state index in [1.165, 1.54) is 0 Å². The Morgan fingerprint density at radius 1 is 1.67 bits per heavy atom. The molecule has 0 amide bonds. The third kappa shape index (κ3) is 7.87. The number of carbonyl (C=O) groups excluding carboxylic acids is 1. The summed E-state index contributed by atoms with van der Waals surface area (Å²) < 4.78 is 22.3. The van der Waals surface area contributed by atoms with Crippen molar-refractivity contribution in [2.45, 2.75) is 0 Å². The highest BCUT2D eigenvalue weighted by atomic mass is 35.5. The van der Waals surface area contributed by atoms with Gasteiger partial charge in [0.05, 0.1) is 12.8 Å². The molecule has 9 heavy (non-hydrogen) atoms. The molecule has 0 aromatic heterocycles. The van der Waals surface area contributed by atoms with E-state index in [1.54, 1.807) is 0 Å². The lowest BCUT2D eigenvalue weighted by molar-refractivity contribution is -0.110. The van der Waals surface area contributed by atoms with Crippen LogP contribution in [-0.2, 0) is 14.8 Å². The zero-order valence-electron chi connectivity index (χ0n) is 4.72. The average Bonchev–Trinajstić information content (AvgIpc) is 1.59. The smallest absolute Gasteiger partial charge is 0.236 e. The minimum atomic E-state index is -3.27. The van der Waals surface area contributed by atoms with Crippen LogP contribution in [0, 0.1) is 0 Å². The quantitative estimate of drug-likeness (QED) is 0.572. The highest BCUT2D eigenvalue weighted by Gasteiger charge is 2.01. The van der Waals surface area contributed by atoms with Crippen molar-refractivity contribution in [3.63, 3.8) is 0 Å². The molecule has 0 saturated carbocycles. The fourth-order valence-electron chi connectivity index (χ4n) is 0.188. The lowest BCUT2D eigenvalue weighted by Crippen LogP contribution is -2.26. The molecule has 1 N–H and O–H groups in total.